The molecule has 47 heavy (non-hydrogen) atoms. The lowest BCUT2D eigenvalue weighted by molar-refractivity contribution is -0.326. The molecule has 5 rings (SSSR count). The van der Waals surface area contributed by atoms with Crippen molar-refractivity contribution in [1.82, 2.24) is 0 Å². The number of carbonyl (C=O) groups is 5. The van der Waals surface area contributed by atoms with Crippen LogP contribution < -0.4 is 0 Å². The lowest BCUT2D eigenvalue weighted by Crippen LogP contribution is -2.77. The molecule has 0 aromatic carbocycles. The number of aliphatic hydroxyl groups excluding tert-OH is 1. The van der Waals surface area contributed by atoms with Gasteiger partial charge in [0, 0.05) is 48.3 Å². The van der Waals surface area contributed by atoms with Gasteiger partial charge in [-0.05, 0) is 31.1 Å². The Labute approximate surface area is 274 Å². The number of fused-ring (bicyclic) bond motifs is 1. The third-order valence-electron chi connectivity index (χ3n) is 12.2. The topological polar surface area (TPSA) is 203 Å². The van der Waals surface area contributed by atoms with Gasteiger partial charge in [-0.1, -0.05) is 52.7 Å². The van der Waals surface area contributed by atoms with Gasteiger partial charge in [0.15, 0.2) is 17.7 Å². The van der Waals surface area contributed by atoms with E-state index in [0.717, 1.165) is 0 Å². The van der Waals surface area contributed by atoms with Crippen molar-refractivity contribution in [2.24, 2.45) is 40.4 Å². The number of carboxylic acids is 1. The maximum atomic E-state index is 13.7. The van der Waals surface area contributed by atoms with Gasteiger partial charge in [-0.3, -0.25) is 19.2 Å². The van der Waals surface area contributed by atoms with E-state index in [-0.39, 0.29) is 50.5 Å². The summed E-state index contributed by atoms with van der Waals surface area (Å²) in [5.74, 6) is -9.76. The second-order valence-electron chi connectivity index (χ2n) is 15.2. The molecule has 262 valence electrons. The molecule has 0 radical (unpaired) electrons. The van der Waals surface area contributed by atoms with Crippen molar-refractivity contribution >= 4 is 29.7 Å². The third-order valence-corrected chi connectivity index (χ3v) is 12.2. The van der Waals surface area contributed by atoms with Crippen molar-refractivity contribution in [3.05, 3.63) is 11.1 Å². The number of aliphatic carboxylic acids is 1. The number of rotatable bonds is 10. The second-order valence-corrected chi connectivity index (χ2v) is 15.2. The Kier molecular flexibility index (Phi) is 8.99. The molecule has 3 unspecified atom stereocenters. The van der Waals surface area contributed by atoms with Crippen LogP contribution in [0.2, 0.25) is 0 Å². The minimum atomic E-state index is -2.26. The van der Waals surface area contributed by atoms with Crippen LogP contribution in [0.3, 0.4) is 0 Å². The number of allylic oxidation sites excluding steroid dienone is 1. The molecule has 2 saturated carbocycles. The first-order valence-corrected chi connectivity index (χ1v) is 16.6. The summed E-state index contributed by atoms with van der Waals surface area (Å²) >= 11 is 0. The zero-order valence-corrected chi connectivity index (χ0v) is 28.1. The summed E-state index contributed by atoms with van der Waals surface area (Å²) in [4.78, 5) is 64.9. The fraction of sp³-hybridized carbons (Fsp3) is 0.794. The highest BCUT2D eigenvalue weighted by Gasteiger charge is 2.83. The van der Waals surface area contributed by atoms with Gasteiger partial charge in [-0.25, -0.2) is 4.79 Å². The Bertz CT molecular complexity index is 1380. The summed E-state index contributed by atoms with van der Waals surface area (Å²) < 4.78 is 23.8. The summed E-state index contributed by atoms with van der Waals surface area (Å²) in [6, 6.07) is 0. The Morgan fingerprint density at radius 1 is 1.06 bits per heavy atom. The van der Waals surface area contributed by atoms with Crippen LogP contribution in [0.5, 0.6) is 0 Å². The normalized spacial score (nSPS) is 39.4. The number of esters is 3. The molecule has 4 N–H and O–H groups in total. The van der Waals surface area contributed by atoms with E-state index < -0.39 is 100 Å². The summed E-state index contributed by atoms with van der Waals surface area (Å²) in [7, 11) is 0. The second kappa shape index (κ2) is 11.9. The molecular formula is C34H48O13. The molecule has 0 aromatic rings. The van der Waals surface area contributed by atoms with Crippen LogP contribution in [0.15, 0.2) is 11.1 Å². The van der Waals surface area contributed by atoms with Crippen molar-refractivity contribution in [2.75, 3.05) is 6.61 Å². The zero-order chi connectivity index (χ0) is 35.0. The predicted molar refractivity (Wildman–Crippen MR) is 161 cm³/mol. The molecule has 3 aliphatic carbocycles. The number of carbonyl (C=O) groups excluding carboxylic acids is 4. The first kappa shape index (κ1) is 35.4. The minimum Gasteiger partial charge on any atom is -0.481 e. The van der Waals surface area contributed by atoms with Gasteiger partial charge >= 0.3 is 23.9 Å². The van der Waals surface area contributed by atoms with Crippen LogP contribution >= 0.6 is 0 Å². The Balaban J connectivity index is 1.58. The summed E-state index contributed by atoms with van der Waals surface area (Å²) in [5, 5.41) is 44.3. The van der Waals surface area contributed by atoms with Crippen molar-refractivity contribution in [1.29, 1.82) is 0 Å². The standard InChI is InChI=1S/C34H48O13/c1-15(2)33(42,16(3)4)13-24(39)46-26-25-18(6)27(40)34(43)30-31(7)19(12-21(45-29(26)41)32(25,30)14-44-34)17(5)11-20(35)28(31)47-23(38)10-8-9-22(36)37/h15-16,18,21,25-28,30,40,42-43H,8-14H2,1-7H3,(H,36,37)/t18-,21-,25?,26?,27-,28-,30?,31-,32+,34-/m1/s1. The SMILES string of the molecule is CC1=C2C[C@H]3OC(=O)C(OC(=O)CC(O)(C(C)C)C(C)C)C4[C@@H](C)[C@@H](O)[C@@]5(O)OC[C@@]43C5[C@@]2(C)[C@H](OC(=O)CCCC(=O)O)C(=O)C1. The summed E-state index contributed by atoms with van der Waals surface area (Å²) in [6.45, 7) is 12.0. The Hall–Kier alpha value is -2.87. The monoisotopic (exact) mass is 664 g/mol. The van der Waals surface area contributed by atoms with Gasteiger partial charge in [0.2, 0.25) is 6.10 Å². The highest BCUT2D eigenvalue weighted by atomic mass is 16.7. The first-order valence-electron chi connectivity index (χ1n) is 16.6. The van der Waals surface area contributed by atoms with Crippen LogP contribution in [0, 0.1) is 40.4 Å². The third kappa shape index (κ3) is 5.14. The molecular weight excluding hydrogens is 616 g/mol. The average Bonchev–Trinajstić information content (AvgIpc) is 3.25. The van der Waals surface area contributed by atoms with E-state index in [0.29, 0.717) is 11.1 Å². The number of ether oxygens (including phenoxy) is 4. The van der Waals surface area contributed by atoms with Crippen LogP contribution in [0.1, 0.15) is 87.0 Å². The molecule has 2 heterocycles. The number of aliphatic hydroxyl groups is 3. The highest BCUT2D eigenvalue weighted by Crippen LogP contribution is 2.73. The fourth-order valence-electron chi connectivity index (χ4n) is 9.83. The van der Waals surface area contributed by atoms with Crippen molar-refractivity contribution in [3.63, 3.8) is 0 Å². The number of ketones is 1. The smallest absolute Gasteiger partial charge is 0.348 e. The van der Waals surface area contributed by atoms with Gasteiger partial charge in [0.05, 0.1) is 18.6 Å². The Morgan fingerprint density at radius 3 is 2.30 bits per heavy atom. The summed E-state index contributed by atoms with van der Waals surface area (Å²) in [5.41, 5.74) is -2.84. The molecule has 10 atom stereocenters. The highest BCUT2D eigenvalue weighted by molar-refractivity contribution is 5.91. The van der Waals surface area contributed by atoms with E-state index in [2.05, 4.69) is 0 Å². The molecule has 13 heteroatoms. The number of carboxylic acid groups (broad SMARTS) is 1. The lowest BCUT2D eigenvalue weighted by Gasteiger charge is -2.66. The number of hydrogen-bond donors (Lipinski definition) is 4. The molecule has 2 bridgehead atoms. The first-order chi connectivity index (χ1) is 21.8. The zero-order valence-electron chi connectivity index (χ0n) is 28.1. The van der Waals surface area contributed by atoms with Gasteiger partial charge in [0.25, 0.3) is 0 Å². The number of Topliss-reactive ketones (excluding diaryl/α,β-unsaturated/α-hetero) is 1. The molecule has 0 aromatic heterocycles. The maximum Gasteiger partial charge on any atom is 0.348 e. The maximum absolute atomic E-state index is 13.7. The van der Waals surface area contributed by atoms with E-state index in [9.17, 15) is 39.3 Å². The fourth-order valence-corrected chi connectivity index (χ4v) is 9.83. The van der Waals surface area contributed by atoms with E-state index in [1.54, 1.807) is 48.5 Å². The quantitative estimate of drug-likeness (QED) is 0.150. The molecule has 4 fully saturated rings. The van der Waals surface area contributed by atoms with E-state index in [1.165, 1.54) is 0 Å². The molecule has 2 aliphatic heterocycles. The molecule has 2 saturated heterocycles. The van der Waals surface area contributed by atoms with Crippen LogP contribution in [0.4, 0.5) is 0 Å². The van der Waals surface area contributed by atoms with Gasteiger partial charge in [-0.2, -0.15) is 0 Å². The summed E-state index contributed by atoms with van der Waals surface area (Å²) in [6.07, 6.45) is -6.27. The number of hydrogen-bond acceptors (Lipinski definition) is 12. The van der Waals surface area contributed by atoms with Crippen molar-refractivity contribution < 1.29 is 63.3 Å². The van der Waals surface area contributed by atoms with Crippen molar-refractivity contribution in [2.45, 2.75) is 123 Å². The van der Waals surface area contributed by atoms with Crippen LogP contribution in [-0.4, -0.2) is 92.5 Å². The predicted octanol–water partition coefficient (Wildman–Crippen LogP) is 2.07. The van der Waals surface area contributed by atoms with Gasteiger partial charge < -0.3 is 39.4 Å². The largest absolute Gasteiger partial charge is 0.481 e. The molecule has 0 amide bonds. The van der Waals surface area contributed by atoms with Crippen molar-refractivity contribution in [3.8, 4) is 0 Å². The van der Waals surface area contributed by atoms with Crippen LogP contribution in [-0.2, 0) is 42.9 Å². The lowest BCUT2D eigenvalue weighted by atomic mass is 9.39. The molecule has 5 aliphatic rings. The minimum absolute atomic E-state index is 0.0000499. The van der Waals surface area contributed by atoms with Gasteiger partial charge in [-0.15, -0.1) is 0 Å². The van der Waals surface area contributed by atoms with Crippen LogP contribution in [0.25, 0.3) is 0 Å². The molecule has 13 nitrogen and oxygen atoms in total. The van der Waals surface area contributed by atoms with E-state index in [4.69, 9.17) is 24.1 Å². The molecule has 1 spiro atoms. The average molecular weight is 665 g/mol. The van der Waals surface area contributed by atoms with Gasteiger partial charge in [0.1, 0.15) is 12.2 Å². The Morgan fingerprint density at radius 2 is 1.70 bits per heavy atom. The van der Waals surface area contributed by atoms with E-state index >= 15 is 0 Å². The van der Waals surface area contributed by atoms with E-state index in [1.807, 2.05) is 0 Å².